The Morgan fingerprint density at radius 3 is 2.86 bits per heavy atom. The van der Waals surface area contributed by atoms with Gasteiger partial charge in [0.2, 0.25) is 0 Å². The molecule has 3 N–H and O–H groups in total. The molecule has 2 aromatic carbocycles. The van der Waals surface area contributed by atoms with Crippen LogP contribution in [0.1, 0.15) is 51.5 Å². The molecule has 0 radical (unpaired) electrons. The number of rotatable bonds is 5. The number of fused-ring (bicyclic) bond motifs is 1. The standard InChI is InChI=1S/C24H29N3O/c1-15-6-4-8-20(16(15)2)24(28)23(25)17-9-10-22-21(13-17)18(14-26-22)12-19-7-5-11-27(19)3/h4,6,8-10,13-14,19,23,26H,5,7,11-12,25H2,1-3H3. The lowest BCUT2D eigenvalue weighted by Gasteiger charge is -2.19. The highest BCUT2D eigenvalue weighted by Gasteiger charge is 2.23. The highest BCUT2D eigenvalue weighted by atomic mass is 16.1. The Bertz CT molecular complexity index is 1020. The van der Waals surface area contributed by atoms with E-state index in [2.05, 4.69) is 29.2 Å². The Balaban J connectivity index is 1.64. The van der Waals surface area contributed by atoms with Crippen molar-refractivity contribution in [2.45, 2.75) is 45.2 Å². The van der Waals surface area contributed by atoms with Crippen LogP contribution in [0, 0.1) is 13.8 Å². The van der Waals surface area contributed by atoms with E-state index < -0.39 is 6.04 Å². The average Bonchev–Trinajstić information content (AvgIpc) is 3.29. The summed E-state index contributed by atoms with van der Waals surface area (Å²) >= 11 is 0. The number of hydrogen-bond acceptors (Lipinski definition) is 3. The molecule has 0 spiro atoms. The molecular weight excluding hydrogens is 346 g/mol. The van der Waals surface area contributed by atoms with Crippen molar-refractivity contribution in [2.24, 2.45) is 5.73 Å². The van der Waals surface area contributed by atoms with Crippen molar-refractivity contribution in [3.63, 3.8) is 0 Å². The second-order valence-electron chi connectivity index (χ2n) is 8.19. The van der Waals surface area contributed by atoms with Crippen LogP contribution in [0.4, 0.5) is 0 Å². The molecule has 1 aromatic heterocycles. The number of carbonyl (C=O) groups is 1. The van der Waals surface area contributed by atoms with Crippen molar-refractivity contribution in [1.29, 1.82) is 0 Å². The molecule has 2 atom stereocenters. The minimum absolute atomic E-state index is 0.0202. The van der Waals surface area contributed by atoms with Crippen LogP contribution in [0.15, 0.2) is 42.6 Å². The lowest BCUT2D eigenvalue weighted by molar-refractivity contribution is 0.0960. The fourth-order valence-electron chi connectivity index (χ4n) is 4.39. The third-order valence-corrected chi connectivity index (χ3v) is 6.43. The van der Waals surface area contributed by atoms with Crippen LogP contribution in [0.3, 0.4) is 0 Å². The Kier molecular flexibility index (Phi) is 5.09. The molecule has 1 fully saturated rings. The molecule has 0 aliphatic carbocycles. The number of nitrogens with two attached hydrogens (primary N) is 1. The second-order valence-corrected chi connectivity index (χ2v) is 8.19. The zero-order valence-corrected chi connectivity index (χ0v) is 17.0. The molecule has 1 aliphatic rings. The number of likely N-dealkylation sites (N-methyl/N-ethyl adjacent to an activating group) is 1. The Labute approximate surface area is 166 Å². The van der Waals surface area contributed by atoms with E-state index >= 15 is 0 Å². The number of aromatic nitrogens is 1. The van der Waals surface area contributed by atoms with Crippen LogP contribution in [0.5, 0.6) is 0 Å². The van der Waals surface area contributed by atoms with E-state index in [1.807, 2.05) is 44.2 Å². The maximum atomic E-state index is 13.1. The maximum absolute atomic E-state index is 13.1. The number of carbonyl (C=O) groups excluding carboxylic acids is 1. The number of ketones is 1. The van der Waals surface area contributed by atoms with Gasteiger partial charge in [0.15, 0.2) is 5.78 Å². The maximum Gasteiger partial charge on any atom is 0.184 e. The molecule has 4 rings (SSSR count). The van der Waals surface area contributed by atoms with Gasteiger partial charge in [-0.1, -0.05) is 24.3 Å². The largest absolute Gasteiger partial charge is 0.361 e. The number of aryl methyl sites for hydroxylation is 1. The van der Waals surface area contributed by atoms with Crippen molar-refractivity contribution in [3.05, 3.63) is 70.4 Å². The van der Waals surface area contributed by atoms with Gasteiger partial charge < -0.3 is 15.6 Å². The smallest absolute Gasteiger partial charge is 0.184 e. The van der Waals surface area contributed by atoms with Gasteiger partial charge in [0.05, 0.1) is 6.04 Å². The van der Waals surface area contributed by atoms with Gasteiger partial charge >= 0.3 is 0 Å². The third kappa shape index (κ3) is 3.38. The van der Waals surface area contributed by atoms with Gasteiger partial charge in [0.1, 0.15) is 0 Å². The van der Waals surface area contributed by atoms with Crippen LogP contribution in [-0.2, 0) is 6.42 Å². The van der Waals surface area contributed by atoms with E-state index in [1.165, 1.54) is 30.3 Å². The van der Waals surface area contributed by atoms with Gasteiger partial charge in [-0.05, 0) is 81.1 Å². The average molecular weight is 376 g/mol. The minimum atomic E-state index is -0.651. The zero-order chi connectivity index (χ0) is 19.8. The Hall–Kier alpha value is -2.43. The van der Waals surface area contributed by atoms with Crippen molar-refractivity contribution in [2.75, 3.05) is 13.6 Å². The first kappa shape index (κ1) is 18.9. The molecule has 0 amide bonds. The van der Waals surface area contributed by atoms with E-state index in [0.29, 0.717) is 6.04 Å². The zero-order valence-electron chi connectivity index (χ0n) is 17.0. The Morgan fingerprint density at radius 2 is 2.11 bits per heavy atom. The molecule has 2 heterocycles. The lowest BCUT2D eigenvalue weighted by atomic mass is 9.92. The van der Waals surface area contributed by atoms with Crippen molar-refractivity contribution in [3.8, 4) is 0 Å². The number of nitrogens with zero attached hydrogens (tertiary/aromatic N) is 1. The van der Waals surface area contributed by atoms with Crippen LogP contribution in [-0.4, -0.2) is 35.3 Å². The van der Waals surface area contributed by atoms with Gasteiger partial charge in [0, 0.05) is 28.7 Å². The Morgan fingerprint density at radius 1 is 1.29 bits per heavy atom. The number of Topliss-reactive ketones (excluding diaryl/α,β-unsaturated/α-hetero) is 1. The number of H-pyrrole nitrogens is 1. The van der Waals surface area contributed by atoms with Crippen LogP contribution >= 0.6 is 0 Å². The fraction of sp³-hybridized carbons (Fsp3) is 0.375. The van der Waals surface area contributed by atoms with Crippen LogP contribution < -0.4 is 5.73 Å². The van der Waals surface area contributed by atoms with E-state index in [0.717, 1.165) is 34.2 Å². The number of hydrogen-bond donors (Lipinski definition) is 2. The minimum Gasteiger partial charge on any atom is -0.361 e. The summed E-state index contributed by atoms with van der Waals surface area (Å²) in [7, 11) is 2.21. The van der Waals surface area contributed by atoms with Crippen molar-refractivity contribution >= 4 is 16.7 Å². The summed E-state index contributed by atoms with van der Waals surface area (Å²) < 4.78 is 0. The van der Waals surface area contributed by atoms with Crippen molar-refractivity contribution < 1.29 is 4.79 Å². The third-order valence-electron chi connectivity index (χ3n) is 6.43. The number of likely N-dealkylation sites (tertiary alicyclic amines) is 1. The highest BCUT2D eigenvalue weighted by Crippen LogP contribution is 2.28. The molecule has 28 heavy (non-hydrogen) atoms. The van der Waals surface area contributed by atoms with Gasteiger partial charge in [-0.2, -0.15) is 0 Å². The van der Waals surface area contributed by atoms with Gasteiger partial charge in [0.25, 0.3) is 0 Å². The van der Waals surface area contributed by atoms with Crippen molar-refractivity contribution in [1.82, 2.24) is 9.88 Å². The van der Waals surface area contributed by atoms with E-state index in [1.54, 1.807) is 0 Å². The molecule has 146 valence electrons. The quantitative estimate of drug-likeness (QED) is 0.654. The van der Waals surface area contributed by atoms with Gasteiger partial charge in [-0.15, -0.1) is 0 Å². The number of aromatic amines is 1. The molecule has 2 unspecified atom stereocenters. The summed E-state index contributed by atoms with van der Waals surface area (Å²) in [5.74, 6) is -0.0202. The SMILES string of the molecule is Cc1cccc(C(=O)C(N)c2ccc3[nH]cc(CC4CCCN4C)c3c2)c1C. The normalized spacial score (nSPS) is 18.6. The first-order chi connectivity index (χ1) is 13.5. The van der Waals surface area contributed by atoms with E-state index in [9.17, 15) is 4.79 Å². The van der Waals surface area contributed by atoms with Crippen LogP contribution in [0.25, 0.3) is 10.9 Å². The number of nitrogens with one attached hydrogen (secondary N) is 1. The lowest BCUT2D eigenvalue weighted by Crippen LogP contribution is -2.26. The summed E-state index contributed by atoms with van der Waals surface area (Å²) in [6, 6.07) is 11.9. The second kappa shape index (κ2) is 7.53. The molecule has 3 aromatic rings. The predicted octanol–water partition coefficient (Wildman–Crippen LogP) is 4.30. The molecule has 0 bridgehead atoms. The molecule has 1 aliphatic heterocycles. The first-order valence-electron chi connectivity index (χ1n) is 10.1. The first-order valence-corrected chi connectivity index (χ1v) is 10.1. The summed E-state index contributed by atoms with van der Waals surface area (Å²) in [5.41, 5.74) is 12.5. The highest BCUT2D eigenvalue weighted by molar-refractivity contribution is 6.02. The molecular formula is C24H29N3O. The summed E-state index contributed by atoms with van der Waals surface area (Å²) in [4.78, 5) is 18.9. The molecule has 4 heteroatoms. The van der Waals surface area contributed by atoms with Gasteiger partial charge in [-0.3, -0.25) is 4.79 Å². The molecule has 1 saturated heterocycles. The van der Waals surface area contributed by atoms with E-state index in [-0.39, 0.29) is 5.78 Å². The fourth-order valence-corrected chi connectivity index (χ4v) is 4.39. The number of benzene rings is 2. The van der Waals surface area contributed by atoms with Crippen LogP contribution in [0.2, 0.25) is 0 Å². The summed E-state index contributed by atoms with van der Waals surface area (Å²) in [6.45, 7) is 5.18. The summed E-state index contributed by atoms with van der Waals surface area (Å²) in [6.07, 6.45) is 5.65. The summed E-state index contributed by atoms with van der Waals surface area (Å²) in [5, 5.41) is 1.18. The monoisotopic (exact) mass is 375 g/mol. The predicted molar refractivity (Wildman–Crippen MR) is 115 cm³/mol. The van der Waals surface area contributed by atoms with E-state index in [4.69, 9.17) is 5.73 Å². The van der Waals surface area contributed by atoms with Gasteiger partial charge in [-0.25, -0.2) is 0 Å². The molecule has 4 nitrogen and oxygen atoms in total. The molecule has 0 saturated carbocycles. The topological polar surface area (TPSA) is 62.1 Å².